The molecule has 1 heterocycles. The first kappa shape index (κ1) is 13.3. The maximum Gasteiger partial charge on any atom is 0.0571 e. The molecule has 1 nitrogen and oxygen atoms in total. The Morgan fingerprint density at radius 1 is 1.00 bits per heavy atom. The first-order chi connectivity index (χ1) is 9.58. The Balaban J connectivity index is 2.18. The van der Waals surface area contributed by atoms with Crippen molar-refractivity contribution in [2.45, 2.75) is 26.8 Å². The fourth-order valence-corrected chi connectivity index (χ4v) is 4.05. The molecule has 0 fully saturated rings. The first-order valence-electron chi connectivity index (χ1n) is 6.87. The van der Waals surface area contributed by atoms with Crippen LogP contribution in [-0.4, -0.2) is 0 Å². The highest BCUT2D eigenvalue weighted by Gasteiger charge is 2.17. The topological polar surface area (TPSA) is 26.0 Å². The van der Waals surface area contributed by atoms with Gasteiger partial charge in [0.1, 0.15) is 0 Å². The van der Waals surface area contributed by atoms with Gasteiger partial charge in [0.15, 0.2) is 0 Å². The predicted octanol–water partition coefficient (Wildman–Crippen LogP) is 4.87. The lowest BCUT2D eigenvalue weighted by Crippen LogP contribution is -2.15. The van der Waals surface area contributed by atoms with E-state index in [0.29, 0.717) is 0 Å². The van der Waals surface area contributed by atoms with Gasteiger partial charge < -0.3 is 5.73 Å². The Morgan fingerprint density at radius 2 is 1.70 bits per heavy atom. The standard InChI is InChI=1S/C18H19NS/c1-11-9-12(2)16(13(3)10-11)17(19)15-6-4-5-14-7-8-20-18(14)15/h4-10,17H,19H2,1-3H3. The maximum atomic E-state index is 6.60. The summed E-state index contributed by atoms with van der Waals surface area (Å²) in [5, 5.41) is 3.42. The van der Waals surface area contributed by atoms with Gasteiger partial charge >= 0.3 is 0 Å². The maximum absolute atomic E-state index is 6.60. The van der Waals surface area contributed by atoms with Gasteiger partial charge in [0.2, 0.25) is 0 Å². The van der Waals surface area contributed by atoms with Crippen molar-refractivity contribution in [3.63, 3.8) is 0 Å². The predicted molar refractivity (Wildman–Crippen MR) is 88.5 cm³/mol. The fourth-order valence-electron chi connectivity index (χ4n) is 3.10. The molecular formula is C18H19NS. The van der Waals surface area contributed by atoms with Crippen LogP contribution in [0.3, 0.4) is 0 Å². The second kappa shape index (κ2) is 5.04. The Bertz CT molecular complexity index is 747. The summed E-state index contributed by atoms with van der Waals surface area (Å²) < 4.78 is 1.30. The molecule has 3 rings (SSSR count). The number of benzene rings is 2. The van der Waals surface area contributed by atoms with Crippen molar-refractivity contribution < 1.29 is 0 Å². The zero-order valence-corrected chi connectivity index (χ0v) is 12.9. The molecule has 1 aromatic heterocycles. The van der Waals surface area contributed by atoms with Gasteiger partial charge in [-0.15, -0.1) is 11.3 Å². The van der Waals surface area contributed by atoms with Gasteiger partial charge in [-0.3, -0.25) is 0 Å². The number of hydrogen-bond donors (Lipinski definition) is 1. The van der Waals surface area contributed by atoms with E-state index in [0.717, 1.165) is 0 Å². The summed E-state index contributed by atoms with van der Waals surface area (Å²) in [6, 6.07) is 12.9. The molecule has 0 saturated carbocycles. The average molecular weight is 281 g/mol. The summed E-state index contributed by atoms with van der Waals surface area (Å²) in [5.74, 6) is 0. The number of hydrogen-bond acceptors (Lipinski definition) is 2. The highest BCUT2D eigenvalue weighted by molar-refractivity contribution is 7.17. The number of nitrogens with two attached hydrogens (primary N) is 1. The highest BCUT2D eigenvalue weighted by atomic mass is 32.1. The highest BCUT2D eigenvalue weighted by Crippen LogP contribution is 2.33. The Hall–Kier alpha value is -1.64. The van der Waals surface area contributed by atoms with E-state index in [2.05, 4.69) is 62.5 Å². The molecule has 2 heteroatoms. The Morgan fingerprint density at radius 3 is 2.40 bits per heavy atom. The second-order valence-electron chi connectivity index (χ2n) is 5.48. The minimum Gasteiger partial charge on any atom is -0.320 e. The van der Waals surface area contributed by atoms with E-state index in [-0.39, 0.29) is 6.04 Å². The van der Waals surface area contributed by atoms with Crippen molar-refractivity contribution in [2.24, 2.45) is 5.73 Å². The third-order valence-corrected chi connectivity index (χ3v) is 4.87. The molecule has 20 heavy (non-hydrogen) atoms. The van der Waals surface area contributed by atoms with Gasteiger partial charge in [0, 0.05) is 4.70 Å². The van der Waals surface area contributed by atoms with Gasteiger partial charge in [-0.05, 0) is 59.9 Å². The average Bonchev–Trinajstić information content (AvgIpc) is 2.85. The van der Waals surface area contributed by atoms with Crippen molar-refractivity contribution in [3.8, 4) is 0 Å². The number of fused-ring (bicyclic) bond motifs is 1. The molecule has 0 aliphatic heterocycles. The van der Waals surface area contributed by atoms with Crippen molar-refractivity contribution >= 4 is 21.4 Å². The number of thiophene rings is 1. The molecule has 0 amide bonds. The van der Waals surface area contributed by atoms with Crippen LogP contribution in [-0.2, 0) is 0 Å². The lowest BCUT2D eigenvalue weighted by atomic mass is 9.90. The lowest BCUT2D eigenvalue weighted by molar-refractivity contribution is 0.860. The van der Waals surface area contributed by atoms with Gasteiger partial charge in [0.25, 0.3) is 0 Å². The lowest BCUT2D eigenvalue weighted by Gasteiger charge is -2.19. The molecule has 2 aromatic carbocycles. The molecule has 2 N–H and O–H groups in total. The summed E-state index contributed by atoms with van der Waals surface area (Å²) >= 11 is 1.77. The van der Waals surface area contributed by atoms with Crippen LogP contribution in [0.25, 0.3) is 10.1 Å². The fraction of sp³-hybridized carbons (Fsp3) is 0.222. The summed E-state index contributed by atoms with van der Waals surface area (Å²) in [4.78, 5) is 0. The van der Waals surface area contributed by atoms with Crippen LogP contribution in [0.5, 0.6) is 0 Å². The molecule has 0 saturated heterocycles. The Labute approximate surface area is 124 Å². The van der Waals surface area contributed by atoms with Crippen molar-refractivity contribution in [1.29, 1.82) is 0 Å². The summed E-state index contributed by atoms with van der Waals surface area (Å²) in [5.41, 5.74) is 12.9. The van der Waals surface area contributed by atoms with Gasteiger partial charge in [-0.25, -0.2) is 0 Å². The van der Waals surface area contributed by atoms with E-state index in [1.165, 1.54) is 37.9 Å². The SMILES string of the molecule is Cc1cc(C)c(C(N)c2cccc3ccsc23)c(C)c1. The molecule has 0 aliphatic rings. The minimum atomic E-state index is -0.0575. The van der Waals surface area contributed by atoms with Crippen LogP contribution in [0.2, 0.25) is 0 Å². The van der Waals surface area contributed by atoms with Crippen LogP contribution in [0, 0.1) is 20.8 Å². The van der Waals surface area contributed by atoms with Gasteiger partial charge in [-0.2, -0.15) is 0 Å². The zero-order valence-electron chi connectivity index (χ0n) is 12.1. The zero-order chi connectivity index (χ0) is 14.3. The minimum absolute atomic E-state index is 0.0575. The molecule has 0 aliphatic carbocycles. The third-order valence-electron chi connectivity index (χ3n) is 3.89. The van der Waals surface area contributed by atoms with E-state index in [4.69, 9.17) is 5.73 Å². The van der Waals surface area contributed by atoms with E-state index in [1.807, 2.05) is 0 Å². The second-order valence-corrected chi connectivity index (χ2v) is 6.39. The molecule has 3 aromatic rings. The van der Waals surface area contributed by atoms with E-state index < -0.39 is 0 Å². The summed E-state index contributed by atoms with van der Waals surface area (Å²) in [6.45, 7) is 6.45. The van der Waals surface area contributed by atoms with E-state index in [1.54, 1.807) is 11.3 Å². The van der Waals surface area contributed by atoms with Crippen molar-refractivity contribution in [2.75, 3.05) is 0 Å². The molecule has 1 unspecified atom stereocenters. The van der Waals surface area contributed by atoms with Crippen molar-refractivity contribution in [3.05, 3.63) is 69.6 Å². The van der Waals surface area contributed by atoms with Crippen LogP contribution in [0.15, 0.2) is 41.8 Å². The number of rotatable bonds is 2. The van der Waals surface area contributed by atoms with Crippen LogP contribution in [0.1, 0.15) is 33.9 Å². The molecule has 1 atom stereocenters. The van der Waals surface area contributed by atoms with Crippen LogP contribution < -0.4 is 5.73 Å². The smallest absolute Gasteiger partial charge is 0.0571 e. The van der Waals surface area contributed by atoms with Crippen LogP contribution in [0.4, 0.5) is 0 Å². The van der Waals surface area contributed by atoms with E-state index in [9.17, 15) is 0 Å². The molecule has 0 radical (unpaired) electrons. The number of aryl methyl sites for hydroxylation is 3. The van der Waals surface area contributed by atoms with Gasteiger partial charge in [-0.1, -0.05) is 35.9 Å². The summed E-state index contributed by atoms with van der Waals surface area (Å²) in [7, 11) is 0. The monoisotopic (exact) mass is 281 g/mol. The van der Waals surface area contributed by atoms with Crippen molar-refractivity contribution in [1.82, 2.24) is 0 Å². The molecule has 0 spiro atoms. The first-order valence-corrected chi connectivity index (χ1v) is 7.75. The largest absolute Gasteiger partial charge is 0.320 e. The Kier molecular flexibility index (Phi) is 3.36. The van der Waals surface area contributed by atoms with Crippen LogP contribution >= 0.6 is 11.3 Å². The third kappa shape index (κ3) is 2.15. The molecule has 0 bridgehead atoms. The summed E-state index contributed by atoms with van der Waals surface area (Å²) in [6.07, 6.45) is 0. The van der Waals surface area contributed by atoms with Gasteiger partial charge in [0.05, 0.1) is 6.04 Å². The quantitative estimate of drug-likeness (QED) is 0.712. The molecule has 102 valence electrons. The molecular weight excluding hydrogens is 262 g/mol. The normalized spacial score (nSPS) is 12.8. The van der Waals surface area contributed by atoms with E-state index >= 15 is 0 Å².